The Hall–Kier alpha value is -2.19. The van der Waals surface area contributed by atoms with Gasteiger partial charge in [0.1, 0.15) is 11.8 Å². The lowest BCUT2D eigenvalue weighted by Gasteiger charge is -2.16. The number of rotatable bonds is 5. The molecule has 0 aliphatic carbocycles. The van der Waals surface area contributed by atoms with Crippen LogP contribution in [0.25, 0.3) is 0 Å². The molecule has 0 radical (unpaired) electrons. The number of nitrogens with one attached hydrogen (secondary N) is 1. The lowest BCUT2D eigenvalue weighted by atomic mass is 10.1. The standard InChI is InChI=1S/C15H15N3OS/c1-2-4-12(14-5-3-8-20-14)18-15(19)13-7-6-11(9-16)10-17-13/h3,5-8,10,12H,2,4H2,1H3,(H,18,19). The second kappa shape index (κ2) is 6.83. The molecule has 0 aliphatic rings. The first-order valence-electron chi connectivity index (χ1n) is 6.45. The Morgan fingerprint density at radius 2 is 2.35 bits per heavy atom. The SMILES string of the molecule is CCCC(NC(=O)c1ccc(C#N)cn1)c1cccs1. The minimum Gasteiger partial charge on any atom is -0.343 e. The van der Waals surface area contributed by atoms with E-state index in [0.29, 0.717) is 11.3 Å². The molecule has 1 amide bonds. The Bertz CT molecular complexity index is 599. The van der Waals surface area contributed by atoms with Gasteiger partial charge in [-0.05, 0) is 30.0 Å². The van der Waals surface area contributed by atoms with Crippen molar-refractivity contribution in [1.82, 2.24) is 10.3 Å². The van der Waals surface area contributed by atoms with Gasteiger partial charge in [-0.3, -0.25) is 4.79 Å². The third kappa shape index (κ3) is 3.43. The zero-order valence-electron chi connectivity index (χ0n) is 11.2. The molecule has 0 saturated heterocycles. The van der Waals surface area contributed by atoms with Crippen molar-refractivity contribution in [2.24, 2.45) is 0 Å². The molecule has 0 aliphatic heterocycles. The molecule has 2 rings (SSSR count). The molecule has 1 unspecified atom stereocenters. The van der Waals surface area contributed by atoms with Crippen LogP contribution in [0.1, 0.15) is 46.7 Å². The second-order valence-electron chi connectivity index (χ2n) is 4.37. The van der Waals surface area contributed by atoms with E-state index < -0.39 is 0 Å². The van der Waals surface area contributed by atoms with Gasteiger partial charge >= 0.3 is 0 Å². The first kappa shape index (κ1) is 14.2. The molecule has 2 heterocycles. The summed E-state index contributed by atoms with van der Waals surface area (Å²) in [6.45, 7) is 2.09. The summed E-state index contributed by atoms with van der Waals surface area (Å²) in [7, 11) is 0. The number of nitrogens with zero attached hydrogens (tertiary/aromatic N) is 2. The van der Waals surface area contributed by atoms with Gasteiger partial charge in [-0.2, -0.15) is 5.26 Å². The summed E-state index contributed by atoms with van der Waals surface area (Å²) in [6, 6.07) is 9.18. The molecule has 5 heteroatoms. The van der Waals surface area contributed by atoms with E-state index in [1.807, 2.05) is 23.6 Å². The number of thiophene rings is 1. The lowest BCUT2D eigenvalue weighted by Crippen LogP contribution is -2.28. The molecule has 0 spiro atoms. The Labute approximate surface area is 122 Å². The normalized spacial score (nSPS) is 11.6. The van der Waals surface area contributed by atoms with Crippen LogP contribution in [0.4, 0.5) is 0 Å². The number of pyridine rings is 1. The fraction of sp³-hybridized carbons (Fsp3) is 0.267. The van der Waals surface area contributed by atoms with Crippen LogP contribution in [-0.2, 0) is 0 Å². The molecular formula is C15H15N3OS. The van der Waals surface area contributed by atoms with Crippen molar-refractivity contribution in [3.63, 3.8) is 0 Å². The van der Waals surface area contributed by atoms with E-state index in [-0.39, 0.29) is 11.9 Å². The van der Waals surface area contributed by atoms with Crippen LogP contribution in [0.15, 0.2) is 35.8 Å². The number of aromatic nitrogens is 1. The van der Waals surface area contributed by atoms with Crippen molar-refractivity contribution in [3.05, 3.63) is 52.0 Å². The Kier molecular flexibility index (Phi) is 4.85. The Morgan fingerprint density at radius 3 is 2.90 bits per heavy atom. The Morgan fingerprint density at radius 1 is 1.50 bits per heavy atom. The first-order chi connectivity index (χ1) is 9.74. The van der Waals surface area contributed by atoms with E-state index >= 15 is 0 Å². The van der Waals surface area contributed by atoms with Gasteiger partial charge in [0.15, 0.2) is 0 Å². The van der Waals surface area contributed by atoms with Gasteiger partial charge in [0.2, 0.25) is 0 Å². The van der Waals surface area contributed by atoms with E-state index in [2.05, 4.69) is 17.2 Å². The highest BCUT2D eigenvalue weighted by Gasteiger charge is 2.16. The molecule has 20 heavy (non-hydrogen) atoms. The molecule has 0 aromatic carbocycles. The predicted octanol–water partition coefficient (Wildman–Crippen LogP) is 3.29. The summed E-state index contributed by atoms with van der Waals surface area (Å²) >= 11 is 1.64. The fourth-order valence-electron chi connectivity index (χ4n) is 1.89. The van der Waals surface area contributed by atoms with E-state index in [0.717, 1.165) is 17.7 Å². The van der Waals surface area contributed by atoms with Crippen molar-refractivity contribution in [3.8, 4) is 6.07 Å². The lowest BCUT2D eigenvalue weighted by molar-refractivity contribution is 0.0930. The highest BCUT2D eigenvalue weighted by atomic mass is 32.1. The predicted molar refractivity (Wildman–Crippen MR) is 78.4 cm³/mol. The van der Waals surface area contributed by atoms with Gasteiger partial charge < -0.3 is 5.32 Å². The maximum atomic E-state index is 12.2. The summed E-state index contributed by atoms with van der Waals surface area (Å²) in [6.07, 6.45) is 3.29. The topological polar surface area (TPSA) is 65.8 Å². The number of nitriles is 1. The molecule has 2 aromatic rings. The van der Waals surface area contributed by atoms with E-state index in [1.165, 1.54) is 6.20 Å². The molecular weight excluding hydrogens is 270 g/mol. The van der Waals surface area contributed by atoms with Crippen molar-refractivity contribution < 1.29 is 4.79 Å². The van der Waals surface area contributed by atoms with Crippen LogP contribution < -0.4 is 5.32 Å². The smallest absolute Gasteiger partial charge is 0.270 e. The van der Waals surface area contributed by atoms with Crippen LogP contribution in [0.3, 0.4) is 0 Å². The number of carbonyl (C=O) groups excluding carboxylic acids is 1. The van der Waals surface area contributed by atoms with Crippen LogP contribution in [-0.4, -0.2) is 10.9 Å². The Balaban J connectivity index is 2.10. The summed E-state index contributed by atoms with van der Waals surface area (Å²) in [4.78, 5) is 17.3. The summed E-state index contributed by atoms with van der Waals surface area (Å²) in [5.74, 6) is -0.207. The van der Waals surface area contributed by atoms with Gasteiger partial charge in [0, 0.05) is 11.1 Å². The highest BCUT2D eigenvalue weighted by molar-refractivity contribution is 7.10. The maximum absolute atomic E-state index is 12.2. The zero-order chi connectivity index (χ0) is 14.4. The second-order valence-corrected chi connectivity index (χ2v) is 5.35. The maximum Gasteiger partial charge on any atom is 0.270 e. The monoisotopic (exact) mass is 285 g/mol. The third-order valence-electron chi connectivity index (χ3n) is 2.89. The van der Waals surface area contributed by atoms with Gasteiger partial charge in [0.05, 0.1) is 11.6 Å². The van der Waals surface area contributed by atoms with Crippen molar-refractivity contribution in [1.29, 1.82) is 5.26 Å². The van der Waals surface area contributed by atoms with Crippen molar-refractivity contribution in [2.75, 3.05) is 0 Å². The molecule has 102 valence electrons. The number of hydrogen-bond acceptors (Lipinski definition) is 4. The van der Waals surface area contributed by atoms with Gasteiger partial charge in [-0.15, -0.1) is 11.3 Å². The van der Waals surface area contributed by atoms with Gasteiger partial charge in [0.25, 0.3) is 5.91 Å². The molecule has 2 aromatic heterocycles. The quantitative estimate of drug-likeness (QED) is 0.916. The summed E-state index contributed by atoms with van der Waals surface area (Å²) in [5, 5.41) is 13.7. The van der Waals surface area contributed by atoms with E-state index in [9.17, 15) is 4.79 Å². The molecule has 0 saturated carbocycles. The van der Waals surface area contributed by atoms with Gasteiger partial charge in [-0.1, -0.05) is 19.4 Å². The average molecular weight is 285 g/mol. The first-order valence-corrected chi connectivity index (χ1v) is 7.33. The van der Waals surface area contributed by atoms with E-state index in [1.54, 1.807) is 23.5 Å². The fourth-order valence-corrected chi connectivity index (χ4v) is 2.70. The van der Waals surface area contributed by atoms with Crippen LogP contribution in [0, 0.1) is 11.3 Å². The molecule has 4 nitrogen and oxygen atoms in total. The summed E-state index contributed by atoms with van der Waals surface area (Å²) in [5.41, 5.74) is 0.784. The highest BCUT2D eigenvalue weighted by Crippen LogP contribution is 2.23. The number of amides is 1. The minimum atomic E-state index is -0.207. The molecule has 0 fully saturated rings. The molecule has 1 N–H and O–H groups in total. The zero-order valence-corrected chi connectivity index (χ0v) is 12.0. The van der Waals surface area contributed by atoms with Crippen LogP contribution in [0.5, 0.6) is 0 Å². The summed E-state index contributed by atoms with van der Waals surface area (Å²) < 4.78 is 0. The van der Waals surface area contributed by atoms with Crippen LogP contribution >= 0.6 is 11.3 Å². The third-order valence-corrected chi connectivity index (χ3v) is 3.88. The average Bonchev–Trinajstić information content (AvgIpc) is 3.01. The van der Waals surface area contributed by atoms with Crippen LogP contribution in [0.2, 0.25) is 0 Å². The molecule has 1 atom stereocenters. The minimum absolute atomic E-state index is 0.0185. The number of carbonyl (C=O) groups is 1. The molecule has 0 bridgehead atoms. The van der Waals surface area contributed by atoms with E-state index in [4.69, 9.17) is 5.26 Å². The van der Waals surface area contributed by atoms with Crippen molar-refractivity contribution in [2.45, 2.75) is 25.8 Å². The van der Waals surface area contributed by atoms with Gasteiger partial charge in [-0.25, -0.2) is 4.98 Å². The largest absolute Gasteiger partial charge is 0.343 e. The number of hydrogen-bond donors (Lipinski definition) is 1. The van der Waals surface area contributed by atoms with Crippen molar-refractivity contribution >= 4 is 17.2 Å².